The molecule has 1 heterocycles. The molecule has 0 bridgehead atoms. The van der Waals surface area contributed by atoms with Crippen LogP contribution in [0.2, 0.25) is 0 Å². The molecule has 2 aromatic rings. The van der Waals surface area contributed by atoms with Gasteiger partial charge in [0.15, 0.2) is 0 Å². The molecule has 1 aromatic carbocycles. The Hall–Kier alpha value is -2.38. The van der Waals surface area contributed by atoms with Gasteiger partial charge in [0.2, 0.25) is 0 Å². The van der Waals surface area contributed by atoms with Crippen molar-refractivity contribution in [2.75, 3.05) is 0 Å². The molecule has 0 spiro atoms. The zero-order valence-electron chi connectivity index (χ0n) is 9.46. The van der Waals surface area contributed by atoms with Crippen molar-refractivity contribution in [2.45, 2.75) is 0 Å². The van der Waals surface area contributed by atoms with Gasteiger partial charge in [-0.3, -0.25) is 0 Å². The van der Waals surface area contributed by atoms with E-state index in [1.54, 1.807) is 6.07 Å². The molecule has 0 saturated carbocycles. The SMILES string of the molecule is N#C/C(=C\c1ccc(-c2ccccc2)o1)C(N)=S. The Morgan fingerprint density at radius 1 is 1.22 bits per heavy atom. The molecule has 0 fully saturated rings. The Balaban J connectivity index is 2.33. The van der Waals surface area contributed by atoms with Crippen LogP contribution in [-0.4, -0.2) is 4.99 Å². The first-order valence-electron chi connectivity index (χ1n) is 5.27. The molecule has 1 aromatic heterocycles. The van der Waals surface area contributed by atoms with Gasteiger partial charge in [-0.2, -0.15) is 5.26 Å². The largest absolute Gasteiger partial charge is 0.457 e. The standard InChI is InChI=1S/C14H10N2OS/c15-9-11(14(16)18)8-12-6-7-13(17-12)10-4-2-1-3-5-10/h1-8H,(H2,16,18)/b11-8+. The molecule has 0 aliphatic rings. The Bertz CT molecular complexity index is 635. The molecule has 2 rings (SSSR count). The zero-order valence-corrected chi connectivity index (χ0v) is 10.3. The Morgan fingerprint density at radius 3 is 2.56 bits per heavy atom. The van der Waals surface area contributed by atoms with Crippen molar-refractivity contribution in [2.24, 2.45) is 5.73 Å². The van der Waals surface area contributed by atoms with Crippen molar-refractivity contribution in [1.29, 1.82) is 5.26 Å². The summed E-state index contributed by atoms with van der Waals surface area (Å²) >= 11 is 4.76. The van der Waals surface area contributed by atoms with Crippen LogP contribution in [0.5, 0.6) is 0 Å². The minimum Gasteiger partial charge on any atom is -0.457 e. The predicted octanol–water partition coefficient (Wildman–Crippen LogP) is 3.14. The first kappa shape index (κ1) is 12.1. The fourth-order valence-corrected chi connectivity index (χ4v) is 1.59. The topological polar surface area (TPSA) is 63.0 Å². The van der Waals surface area contributed by atoms with Crippen LogP contribution in [-0.2, 0) is 0 Å². The first-order chi connectivity index (χ1) is 8.70. The number of hydrogen-bond acceptors (Lipinski definition) is 3. The van der Waals surface area contributed by atoms with Crippen molar-refractivity contribution in [3.8, 4) is 17.4 Å². The van der Waals surface area contributed by atoms with Gasteiger partial charge in [-0.25, -0.2) is 0 Å². The maximum atomic E-state index is 8.85. The van der Waals surface area contributed by atoms with Crippen LogP contribution < -0.4 is 5.73 Å². The summed E-state index contributed by atoms with van der Waals surface area (Å²) in [7, 11) is 0. The lowest BCUT2D eigenvalue weighted by Gasteiger charge is -1.95. The lowest BCUT2D eigenvalue weighted by atomic mass is 10.2. The Labute approximate surface area is 110 Å². The van der Waals surface area contributed by atoms with Gasteiger partial charge in [0.1, 0.15) is 22.6 Å². The molecule has 2 N–H and O–H groups in total. The molecule has 88 valence electrons. The molecule has 0 aliphatic carbocycles. The van der Waals surface area contributed by atoms with E-state index in [-0.39, 0.29) is 10.6 Å². The lowest BCUT2D eigenvalue weighted by Crippen LogP contribution is -2.09. The van der Waals surface area contributed by atoms with Gasteiger partial charge >= 0.3 is 0 Å². The second-order valence-corrected chi connectivity index (χ2v) is 4.04. The number of rotatable bonds is 3. The maximum absolute atomic E-state index is 8.85. The number of nitriles is 1. The van der Waals surface area contributed by atoms with Gasteiger partial charge < -0.3 is 10.2 Å². The zero-order chi connectivity index (χ0) is 13.0. The van der Waals surface area contributed by atoms with E-state index >= 15 is 0 Å². The van der Waals surface area contributed by atoms with Gasteiger partial charge in [0, 0.05) is 11.6 Å². The van der Waals surface area contributed by atoms with Crippen LogP contribution in [0.4, 0.5) is 0 Å². The fourth-order valence-electron chi connectivity index (χ4n) is 1.49. The maximum Gasteiger partial charge on any atom is 0.134 e. The molecule has 3 nitrogen and oxygen atoms in total. The molecule has 0 atom stereocenters. The summed E-state index contributed by atoms with van der Waals surface area (Å²) in [5.41, 5.74) is 6.62. The third-order valence-electron chi connectivity index (χ3n) is 2.36. The van der Waals surface area contributed by atoms with E-state index in [0.717, 1.165) is 11.3 Å². The average Bonchev–Trinajstić information content (AvgIpc) is 2.85. The first-order valence-corrected chi connectivity index (χ1v) is 5.68. The lowest BCUT2D eigenvalue weighted by molar-refractivity contribution is 0.571. The van der Waals surface area contributed by atoms with Gasteiger partial charge in [0.25, 0.3) is 0 Å². The van der Waals surface area contributed by atoms with Crippen LogP contribution in [0.3, 0.4) is 0 Å². The summed E-state index contributed by atoms with van der Waals surface area (Å²) in [6.45, 7) is 0. The summed E-state index contributed by atoms with van der Waals surface area (Å²) in [6, 6.07) is 15.3. The summed E-state index contributed by atoms with van der Waals surface area (Å²) in [5.74, 6) is 1.29. The molecule has 0 saturated heterocycles. The monoisotopic (exact) mass is 254 g/mol. The van der Waals surface area contributed by atoms with Crippen LogP contribution in [0, 0.1) is 11.3 Å². The van der Waals surface area contributed by atoms with Crippen LogP contribution in [0.25, 0.3) is 17.4 Å². The summed E-state index contributed by atoms with van der Waals surface area (Å²) < 4.78 is 5.61. The van der Waals surface area contributed by atoms with Gasteiger partial charge in [-0.1, -0.05) is 42.5 Å². The number of benzene rings is 1. The number of nitrogens with zero attached hydrogens (tertiary/aromatic N) is 1. The predicted molar refractivity (Wildman–Crippen MR) is 74.5 cm³/mol. The van der Waals surface area contributed by atoms with E-state index in [2.05, 4.69) is 0 Å². The molecule has 0 amide bonds. The third kappa shape index (κ3) is 2.65. The van der Waals surface area contributed by atoms with Crippen molar-refractivity contribution in [3.05, 3.63) is 53.8 Å². The fraction of sp³-hybridized carbons (Fsp3) is 0. The number of nitrogens with two attached hydrogens (primary N) is 1. The quantitative estimate of drug-likeness (QED) is 0.519. The van der Waals surface area contributed by atoms with E-state index in [4.69, 9.17) is 27.6 Å². The van der Waals surface area contributed by atoms with E-state index < -0.39 is 0 Å². The number of thiocarbonyl (C=S) groups is 1. The van der Waals surface area contributed by atoms with Crippen LogP contribution in [0.1, 0.15) is 5.76 Å². The van der Waals surface area contributed by atoms with Crippen molar-refractivity contribution in [1.82, 2.24) is 0 Å². The molecule has 0 unspecified atom stereocenters. The van der Waals surface area contributed by atoms with Gasteiger partial charge in [-0.05, 0) is 12.1 Å². The normalized spacial score (nSPS) is 10.9. The molecule has 18 heavy (non-hydrogen) atoms. The van der Waals surface area contributed by atoms with Gasteiger partial charge in [-0.15, -0.1) is 0 Å². The molecule has 0 aliphatic heterocycles. The van der Waals surface area contributed by atoms with E-state index in [0.29, 0.717) is 5.76 Å². The Kier molecular flexibility index (Phi) is 3.56. The number of hydrogen-bond donors (Lipinski definition) is 1. The third-order valence-corrected chi connectivity index (χ3v) is 2.58. The molecular formula is C14H10N2OS. The smallest absolute Gasteiger partial charge is 0.134 e. The van der Waals surface area contributed by atoms with E-state index in [1.165, 1.54) is 6.08 Å². The highest BCUT2D eigenvalue weighted by Gasteiger charge is 2.05. The van der Waals surface area contributed by atoms with Gasteiger partial charge in [0.05, 0.1) is 5.57 Å². The molecular weight excluding hydrogens is 244 g/mol. The highest BCUT2D eigenvalue weighted by molar-refractivity contribution is 7.80. The molecule has 0 radical (unpaired) electrons. The summed E-state index contributed by atoms with van der Waals surface area (Å²) in [5, 5.41) is 8.85. The number of furan rings is 1. The van der Waals surface area contributed by atoms with Crippen LogP contribution >= 0.6 is 12.2 Å². The second-order valence-electron chi connectivity index (χ2n) is 3.60. The average molecular weight is 254 g/mol. The Morgan fingerprint density at radius 2 is 1.94 bits per heavy atom. The minimum absolute atomic E-state index is 0.0650. The summed E-state index contributed by atoms with van der Waals surface area (Å²) in [6.07, 6.45) is 1.54. The highest BCUT2D eigenvalue weighted by Crippen LogP contribution is 2.22. The second kappa shape index (κ2) is 5.30. The van der Waals surface area contributed by atoms with Crippen molar-refractivity contribution < 1.29 is 4.42 Å². The summed E-state index contributed by atoms with van der Waals surface area (Å²) in [4.78, 5) is 0.0650. The van der Waals surface area contributed by atoms with Crippen molar-refractivity contribution >= 4 is 23.3 Å². The molecule has 4 heteroatoms. The van der Waals surface area contributed by atoms with E-state index in [1.807, 2.05) is 42.5 Å². The van der Waals surface area contributed by atoms with E-state index in [9.17, 15) is 0 Å². The van der Waals surface area contributed by atoms with Crippen LogP contribution in [0.15, 0.2) is 52.5 Å². The van der Waals surface area contributed by atoms with Crippen molar-refractivity contribution in [3.63, 3.8) is 0 Å². The minimum atomic E-state index is 0.0650. The highest BCUT2D eigenvalue weighted by atomic mass is 32.1.